The minimum atomic E-state index is -1.15. The van der Waals surface area contributed by atoms with Gasteiger partial charge in [0.05, 0.1) is 17.2 Å². The molecule has 2 rings (SSSR count). The molecule has 0 unspecified atom stereocenters. The van der Waals surface area contributed by atoms with E-state index in [1.165, 1.54) is 48.2 Å². The molecule has 0 saturated carbocycles. The van der Waals surface area contributed by atoms with Crippen molar-refractivity contribution in [1.29, 1.82) is 0 Å². The highest BCUT2D eigenvalue weighted by molar-refractivity contribution is 5.98. The van der Waals surface area contributed by atoms with E-state index in [2.05, 4.69) is 10.6 Å². The molecule has 0 bridgehead atoms. The molecule has 2 aromatic carbocycles. The van der Waals surface area contributed by atoms with Crippen molar-refractivity contribution in [2.45, 2.75) is 31.9 Å². The number of phenols is 4. The van der Waals surface area contributed by atoms with Crippen LogP contribution >= 0.6 is 0 Å². The highest BCUT2D eigenvalue weighted by Gasteiger charge is 2.24. The Bertz CT molecular complexity index is 1000. The van der Waals surface area contributed by atoms with Crippen molar-refractivity contribution < 1.29 is 39.9 Å². The zero-order valence-electron chi connectivity index (χ0n) is 19.8. The molecule has 2 atom stereocenters. The summed E-state index contributed by atoms with van der Waals surface area (Å²) in [7, 11) is 0. The number of carbonyl (C=O) groups excluding carboxylic acids is 3. The Morgan fingerprint density at radius 1 is 0.833 bits per heavy atom. The molecule has 9 N–H and O–H groups in total. The molecule has 0 radical (unpaired) electrons. The van der Waals surface area contributed by atoms with Crippen molar-refractivity contribution in [2.75, 3.05) is 26.2 Å². The van der Waals surface area contributed by atoms with Crippen LogP contribution in [0, 0.1) is 0 Å². The summed E-state index contributed by atoms with van der Waals surface area (Å²) >= 11 is 0. The van der Waals surface area contributed by atoms with Crippen molar-refractivity contribution in [3.63, 3.8) is 0 Å². The zero-order chi connectivity index (χ0) is 26.8. The van der Waals surface area contributed by atoms with E-state index in [9.17, 15) is 39.9 Å². The number of para-hydroxylation sites is 2. The first kappa shape index (κ1) is 28.2. The van der Waals surface area contributed by atoms with Crippen molar-refractivity contribution >= 4 is 17.7 Å². The average Bonchev–Trinajstić information content (AvgIpc) is 2.85. The molecule has 0 heterocycles. The number of rotatable bonds is 12. The fourth-order valence-electron chi connectivity index (χ4n) is 3.31. The first-order chi connectivity index (χ1) is 17.0. The molecule has 3 amide bonds. The Balaban J connectivity index is 1.89. The third-order valence-electron chi connectivity index (χ3n) is 5.42. The van der Waals surface area contributed by atoms with Gasteiger partial charge in [-0.05, 0) is 44.0 Å². The first-order valence-electron chi connectivity index (χ1n) is 11.3. The number of nitrogens with zero attached hydrogens (tertiary/aromatic N) is 1. The number of phenolic OH excluding ortho intramolecular Hbond substituents is 4. The lowest BCUT2D eigenvalue weighted by atomic mass is 10.1. The van der Waals surface area contributed by atoms with Crippen molar-refractivity contribution in [3.8, 4) is 23.0 Å². The lowest BCUT2D eigenvalue weighted by Crippen LogP contribution is -2.50. The van der Waals surface area contributed by atoms with Crippen LogP contribution < -0.4 is 16.4 Å². The van der Waals surface area contributed by atoms with Gasteiger partial charge < -0.3 is 46.8 Å². The highest BCUT2D eigenvalue weighted by atomic mass is 16.3. The quantitative estimate of drug-likeness (QED) is 0.144. The van der Waals surface area contributed by atoms with Gasteiger partial charge in [-0.2, -0.15) is 0 Å². The maximum Gasteiger partial charge on any atom is 0.255 e. The number of aromatic hydroxyl groups is 4. The van der Waals surface area contributed by atoms with Gasteiger partial charge in [-0.1, -0.05) is 12.1 Å². The normalized spacial score (nSPS) is 12.4. The molecular weight excluding hydrogens is 472 g/mol. The van der Waals surface area contributed by atoms with Crippen molar-refractivity contribution in [2.24, 2.45) is 5.73 Å². The zero-order valence-corrected chi connectivity index (χ0v) is 19.8. The molecule has 0 aliphatic carbocycles. The minimum absolute atomic E-state index is 0.0902. The lowest BCUT2D eigenvalue weighted by Gasteiger charge is -2.27. The second kappa shape index (κ2) is 13.2. The van der Waals surface area contributed by atoms with Gasteiger partial charge >= 0.3 is 0 Å². The SMILES string of the molecule is C[C@H](O)[C@@H](N)C(=O)N(CCCNC(=O)c1cccc(O)c1O)CCCNC(=O)c1cccc(O)c1O. The smallest absolute Gasteiger partial charge is 0.255 e. The Morgan fingerprint density at radius 3 is 1.64 bits per heavy atom. The summed E-state index contributed by atoms with van der Waals surface area (Å²) in [5.41, 5.74) is 5.62. The summed E-state index contributed by atoms with van der Waals surface area (Å²) in [5.74, 6) is -3.60. The summed E-state index contributed by atoms with van der Waals surface area (Å²) in [5, 5.41) is 53.5. The van der Waals surface area contributed by atoms with Gasteiger partial charge in [0.15, 0.2) is 23.0 Å². The molecule has 12 heteroatoms. The third-order valence-corrected chi connectivity index (χ3v) is 5.42. The Hall–Kier alpha value is -4.03. The summed E-state index contributed by atoms with van der Waals surface area (Å²) in [6, 6.07) is 6.89. The Kier molecular flexibility index (Phi) is 10.3. The number of nitrogens with one attached hydrogen (secondary N) is 2. The summed E-state index contributed by atoms with van der Waals surface area (Å²) in [4.78, 5) is 38.6. The molecule has 36 heavy (non-hydrogen) atoms. The van der Waals surface area contributed by atoms with Gasteiger partial charge in [0.1, 0.15) is 6.04 Å². The summed E-state index contributed by atoms with van der Waals surface area (Å²) in [6.07, 6.45) is -0.429. The van der Waals surface area contributed by atoms with E-state index < -0.39 is 52.9 Å². The van der Waals surface area contributed by atoms with Gasteiger partial charge in [0, 0.05) is 26.2 Å². The summed E-state index contributed by atoms with van der Waals surface area (Å²) in [6.45, 7) is 2.06. The number of aliphatic hydroxyl groups excluding tert-OH is 1. The maximum atomic E-state index is 12.7. The largest absolute Gasteiger partial charge is 0.504 e. The van der Waals surface area contributed by atoms with Crippen LogP contribution in [0.25, 0.3) is 0 Å². The van der Waals surface area contributed by atoms with E-state index in [4.69, 9.17) is 5.73 Å². The van der Waals surface area contributed by atoms with E-state index in [0.29, 0.717) is 12.8 Å². The number of nitrogens with two attached hydrogens (primary N) is 1. The molecule has 0 aliphatic rings. The van der Waals surface area contributed by atoms with Crippen LogP contribution in [0.2, 0.25) is 0 Å². The summed E-state index contributed by atoms with van der Waals surface area (Å²) < 4.78 is 0. The Morgan fingerprint density at radius 2 is 1.25 bits per heavy atom. The molecular formula is C24H32N4O8. The van der Waals surface area contributed by atoms with Crippen molar-refractivity contribution in [3.05, 3.63) is 47.5 Å². The number of amides is 3. The predicted octanol–water partition coefficient (Wildman–Crippen LogP) is -0.0143. The lowest BCUT2D eigenvalue weighted by molar-refractivity contribution is -0.135. The van der Waals surface area contributed by atoms with Crippen LogP contribution in [-0.2, 0) is 4.79 Å². The van der Waals surface area contributed by atoms with Crippen LogP contribution in [0.15, 0.2) is 36.4 Å². The molecule has 12 nitrogen and oxygen atoms in total. The molecule has 0 aromatic heterocycles. The molecule has 0 saturated heterocycles. The van der Waals surface area contributed by atoms with Crippen LogP contribution in [0.4, 0.5) is 0 Å². The highest BCUT2D eigenvalue weighted by Crippen LogP contribution is 2.28. The molecule has 196 valence electrons. The first-order valence-corrected chi connectivity index (χ1v) is 11.3. The van der Waals surface area contributed by atoms with E-state index in [-0.39, 0.29) is 37.3 Å². The molecule has 0 fully saturated rings. The number of hydrogen-bond acceptors (Lipinski definition) is 9. The number of carbonyl (C=O) groups is 3. The third kappa shape index (κ3) is 7.48. The van der Waals surface area contributed by atoms with Crippen LogP contribution in [0.1, 0.15) is 40.5 Å². The van der Waals surface area contributed by atoms with E-state index in [1.54, 1.807) is 0 Å². The van der Waals surface area contributed by atoms with Gasteiger partial charge in [-0.3, -0.25) is 14.4 Å². The topological polar surface area (TPSA) is 206 Å². The standard InChI is InChI=1S/C24H32N4O8/c1-14(29)19(25)24(36)28(12-4-10-26-22(34)15-6-2-8-17(30)20(15)32)13-5-11-27-23(35)16-7-3-9-18(31)21(16)33/h2-3,6-9,14,19,29-33H,4-5,10-13,25H2,1H3,(H,26,34)(H,27,35)/t14-,19+/m0/s1. The van der Waals surface area contributed by atoms with E-state index in [1.807, 2.05) is 0 Å². The minimum Gasteiger partial charge on any atom is -0.504 e. The second-order valence-corrected chi connectivity index (χ2v) is 8.16. The van der Waals surface area contributed by atoms with Gasteiger partial charge in [0.25, 0.3) is 11.8 Å². The predicted molar refractivity (Wildman–Crippen MR) is 130 cm³/mol. The van der Waals surface area contributed by atoms with Crippen molar-refractivity contribution in [1.82, 2.24) is 15.5 Å². The average molecular weight is 505 g/mol. The van der Waals surface area contributed by atoms with Gasteiger partial charge in [-0.25, -0.2) is 0 Å². The van der Waals surface area contributed by atoms with E-state index >= 15 is 0 Å². The molecule has 0 spiro atoms. The van der Waals surface area contributed by atoms with Crippen LogP contribution in [-0.4, -0.2) is 86.5 Å². The Labute approximate surface area is 208 Å². The van der Waals surface area contributed by atoms with E-state index in [0.717, 1.165) is 0 Å². The number of benzene rings is 2. The number of hydrogen-bond donors (Lipinski definition) is 8. The fourth-order valence-corrected chi connectivity index (χ4v) is 3.31. The molecule has 2 aromatic rings. The number of aliphatic hydroxyl groups is 1. The molecule has 0 aliphatic heterocycles. The van der Waals surface area contributed by atoms with Gasteiger partial charge in [-0.15, -0.1) is 0 Å². The monoisotopic (exact) mass is 504 g/mol. The van der Waals surface area contributed by atoms with Crippen LogP contribution in [0.5, 0.6) is 23.0 Å². The second-order valence-electron chi connectivity index (χ2n) is 8.16. The fraction of sp³-hybridized carbons (Fsp3) is 0.375. The maximum absolute atomic E-state index is 12.7. The van der Waals surface area contributed by atoms with Gasteiger partial charge in [0.2, 0.25) is 5.91 Å². The van der Waals surface area contributed by atoms with Crippen LogP contribution in [0.3, 0.4) is 0 Å².